The number of ether oxygens (including phenoxy) is 1. The fraction of sp³-hybridized carbons (Fsp3) is 0.688. The molecule has 0 saturated carbocycles. The normalized spacial score (nSPS) is 16.7. The van der Waals surface area contributed by atoms with Crippen LogP contribution in [0.4, 0.5) is 23.9 Å². The molecule has 2 heterocycles. The molecule has 0 bridgehead atoms. The molecule has 1 amide bonds. The second kappa shape index (κ2) is 7.05. The molecule has 25 heavy (non-hydrogen) atoms. The van der Waals surface area contributed by atoms with Crippen LogP contribution in [0.3, 0.4) is 0 Å². The topological polar surface area (TPSA) is 58.6 Å². The minimum atomic E-state index is -4.44. The van der Waals surface area contributed by atoms with E-state index in [1.54, 1.807) is 11.9 Å². The maximum atomic E-state index is 12.6. The number of hydrogen-bond acceptors (Lipinski definition) is 5. The molecule has 1 aliphatic heterocycles. The van der Waals surface area contributed by atoms with Crippen LogP contribution in [-0.4, -0.2) is 52.7 Å². The molecule has 0 unspecified atom stereocenters. The van der Waals surface area contributed by atoms with Crippen LogP contribution in [0.1, 0.15) is 39.2 Å². The molecule has 0 radical (unpaired) electrons. The smallest absolute Gasteiger partial charge is 0.419 e. The zero-order valence-electron chi connectivity index (χ0n) is 14.8. The number of alkyl halides is 3. The Morgan fingerprint density at radius 1 is 1.20 bits per heavy atom. The van der Waals surface area contributed by atoms with E-state index in [2.05, 4.69) is 9.97 Å². The van der Waals surface area contributed by atoms with Gasteiger partial charge in [0.15, 0.2) is 0 Å². The fourth-order valence-electron chi connectivity index (χ4n) is 2.57. The van der Waals surface area contributed by atoms with Gasteiger partial charge < -0.3 is 14.5 Å². The maximum Gasteiger partial charge on any atom is 0.419 e. The van der Waals surface area contributed by atoms with Gasteiger partial charge in [-0.15, -0.1) is 0 Å². The first-order valence-corrected chi connectivity index (χ1v) is 8.07. The van der Waals surface area contributed by atoms with E-state index in [9.17, 15) is 18.0 Å². The number of piperidine rings is 1. The minimum absolute atomic E-state index is 0.0144. The Hall–Kier alpha value is -2.06. The number of rotatable bonds is 2. The van der Waals surface area contributed by atoms with Crippen molar-refractivity contribution in [2.24, 2.45) is 0 Å². The highest BCUT2D eigenvalue weighted by Gasteiger charge is 2.32. The SMILES string of the molecule is CN(C(=O)OC(C)(C)C)C1CCN(c2ncc(C(F)(F)F)cn2)CC1. The molecule has 1 aliphatic rings. The molecule has 0 aromatic carbocycles. The van der Waals surface area contributed by atoms with Crippen LogP contribution >= 0.6 is 0 Å². The Morgan fingerprint density at radius 3 is 2.16 bits per heavy atom. The molecule has 0 aliphatic carbocycles. The quantitative estimate of drug-likeness (QED) is 0.810. The third-order valence-corrected chi connectivity index (χ3v) is 3.94. The van der Waals surface area contributed by atoms with E-state index in [4.69, 9.17) is 4.74 Å². The molecule has 0 N–H and O–H groups in total. The molecular weight excluding hydrogens is 337 g/mol. The largest absolute Gasteiger partial charge is 0.444 e. The van der Waals surface area contributed by atoms with Gasteiger partial charge in [0.05, 0.1) is 5.56 Å². The van der Waals surface area contributed by atoms with E-state index in [1.165, 1.54) is 0 Å². The average Bonchev–Trinajstić information content (AvgIpc) is 2.52. The number of amides is 1. The average molecular weight is 360 g/mol. The zero-order valence-corrected chi connectivity index (χ0v) is 14.8. The lowest BCUT2D eigenvalue weighted by Crippen LogP contribution is -2.47. The summed E-state index contributed by atoms with van der Waals surface area (Å²) in [5, 5.41) is 0. The molecule has 2 rings (SSSR count). The molecule has 0 atom stereocenters. The van der Waals surface area contributed by atoms with Gasteiger partial charge in [-0.2, -0.15) is 13.2 Å². The summed E-state index contributed by atoms with van der Waals surface area (Å²) in [7, 11) is 1.70. The lowest BCUT2D eigenvalue weighted by molar-refractivity contribution is -0.138. The van der Waals surface area contributed by atoms with Crippen LogP contribution < -0.4 is 4.90 Å². The highest BCUT2D eigenvalue weighted by molar-refractivity contribution is 5.68. The van der Waals surface area contributed by atoms with Gasteiger partial charge in [-0.05, 0) is 33.6 Å². The molecule has 1 aromatic heterocycles. The van der Waals surface area contributed by atoms with Crippen LogP contribution in [0.25, 0.3) is 0 Å². The standard InChI is InChI=1S/C16H23F3N4O2/c1-15(2,3)25-14(24)22(4)12-5-7-23(8-6-12)13-20-9-11(10-21-13)16(17,18)19/h9-10,12H,5-8H2,1-4H3. The van der Waals surface area contributed by atoms with Crippen LogP contribution in [0.5, 0.6) is 0 Å². The van der Waals surface area contributed by atoms with Gasteiger partial charge in [0, 0.05) is 38.6 Å². The van der Waals surface area contributed by atoms with Crippen molar-refractivity contribution in [3.63, 3.8) is 0 Å². The molecule has 9 heteroatoms. The zero-order chi connectivity index (χ0) is 18.8. The minimum Gasteiger partial charge on any atom is -0.444 e. The van der Waals surface area contributed by atoms with Crippen molar-refractivity contribution in [2.75, 3.05) is 25.0 Å². The van der Waals surface area contributed by atoms with Gasteiger partial charge in [0.2, 0.25) is 5.95 Å². The summed E-state index contributed by atoms with van der Waals surface area (Å²) in [5.41, 5.74) is -1.42. The first-order chi connectivity index (χ1) is 11.5. The molecule has 1 aromatic rings. The number of aromatic nitrogens is 2. The number of hydrogen-bond donors (Lipinski definition) is 0. The van der Waals surface area contributed by atoms with Crippen LogP contribution in [0.2, 0.25) is 0 Å². The predicted octanol–water partition coefficient (Wildman–Crippen LogP) is 3.33. The molecule has 6 nitrogen and oxygen atoms in total. The number of anilines is 1. The van der Waals surface area contributed by atoms with Crippen LogP contribution in [0.15, 0.2) is 12.4 Å². The number of carbonyl (C=O) groups is 1. The van der Waals surface area contributed by atoms with Gasteiger partial charge >= 0.3 is 12.3 Å². The second-order valence-electron chi connectivity index (χ2n) is 7.08. The molecule has 1 saturated heterocycles. The monoisotopic (exact) mass is 360 g/mol. The lowest BCUT2D eigenvalue weighted by atomic mass is 10.0. The molecule has 1 fully saturated rings. The molecule has 0 spiro atoms. The number of carbonyl (C=O) groups excluding carboxylic acids is 1. The van der Waals surface area contributed by atoms with Crippen molar-refractivity contribution in [2.45, 2.75) is 51.4 Å². The van der Waals surface area contributed by atoms with Crippen molar-refractivity contribution < 1.29 is 22.7 Å². The predicted molar refractivity (Wildman–Crippen MR) is 86.3 cm³/mol. The Morgan fingerprint density at radius 2 is 1.72 bits per heavy atom. The first kappa shape index (κ1) is 19.3. The van der Waals surface area contributed by atoms with Crippen molar-refractivity contribution in [3.8, 4) is 0 Å². The Kier molecular flexibility index (Phi) is 5.43. The first-order valence-electron chi connectivity index (χ1n) is 8.07. The van der Waals surface area contributed by atoms with Crippen molar-refractivity contribution in [3.05, 3.63) is 18.0 Å². The number of halogens is 3. The summed E-state index contributed by atoms with van der Waals surface area (Å²) in [6.45, 7) is 6.54. The second-order valence-corrected chi connectivity index (χ2v) is 7.08. The van der Waals surface area contributed by atoms with Gasteiger partial charge in [-0.25, -0.2) is 14.8 Å². The van der Waals surface area contributed by atoms with Gasteiger partial charge in [0.1, 0.15) is 5.60 Å². The Balaban J connectivity index is 1.92. The highest BCUT2D eigenvalue weighted by atomic mass is 19.4. The third-order valence-electron chi connectivity index (χ3n) is 3.94. The molecule has 140 valence electrons. The highest BCUT2D eigenvalue weighted by Crippen LogP contribution is 2.29. The van der Waals surface area contributed by atoms with Crippen molar-refractivity contribution in [1.29, 1.82) is 0 Å². The number of nitrogens with zero attached hydrogens (tertiary/aromatic N) is 4. The van der Waals surface area contributed by atoms with Crippen molar-refractivity contribution in [1.82, 2.24) is 14.9 Å². The van der Waals surface area contributed by atoms with E-state index >= 15 is 0 Å². The summed E-state index contributed by atoms with van der Waals surface area (Å²) < 4.78 is 43.0. The Bertz CT molecular complexity index is 591. The summed E-state index contributed by atoms with van der Waals surface area (Å²) in [4.78, 5) is 23.1. The van der Waals surface area contributed by atoms with Crippen LogP contribution in [-0.2, 0) is 10.9 Å². The van der Waals surface area contributed by atoms with E-state index in [1.807, 2.05) is 25.7 Å². The summed E-state index contributed by atoms with van der Waals surface area (Å²) in [6.07, 6.45) is -1.90. The summed E-state index contributed by atoms with van der Waals surface area (Å²) in [5.74, 6) is 0.270. The fourth-order valence-corrected chi connectivity index (χ4v) is 2.57. The van der Waals surface area contributed by atoms with Crippen molar-refractivity contribution >= 4 is 12.0 Å². The van der Waals surface area contributed by atoms with E-state index in [0.717, 1.165) is 12.4 Å². The lowest BCUT2D eigenvalue weighted by Gasteiger charge is -2.37. The van der Waals surface area contributed by atoms with E-state index in [-0.39, 0.29) is 18.1 Å². The van der Waals surface area contributed by atoms with E-state index in [0.29, 0.717) is 25.9 Å². The van der Waals surface area contributed by atoms with Gasteiger partial charge in [0.25, 0.3) is 0 Å². The van der Waals surface area contributed by atoms with Gasteiger partial charge in [-0.1, -0.05) is 0 Å². The van der Waals surface area contributed by atoms with Gasteiger partial charge in [-0.3, -0.25) is 0 Å². The third kappa shape index (κ3) is 5.20. The Labute approximate surface area is 145 Å². The molecular formula is C16H23F3N4O2. The van der Waals surface area contributed by atoms with Crippen LogP contribution in [0, 0.1) is 0 Å². The summed E-state index contributed by atoms with van der Waals surface area (Å²) in [6, 6.07) is 0.0144. The van der Waals surface area contributed by atoms with E-state index < -0.39 is 17.3 Å². The maximum absolute atomic E-state index is 12.6. The summed E-state index contributed by atoms with van der Waals surface area (Å²) >= 11 is 0.